The highest BCUT2D eigenvalue weighted by Crippen LogP contribution is 2.46. The molecule has 1 fully saturated rings. The van der Waals surface area contributed by atoms with Crippen molar-refractivity contribution in [2.24, 2.45) is 0 Å². The van der Waals surface area contributed by atoms with E-state index in [1.807, 2.05) is 13.8 Å². The lowest BCUT2D eigenvalue weighted by atomic mass is 9.75. The van der Waals surface area contributed by atoms with Crippen LogP contribution in [0.2, 0.25) is 0 Å². The van der Waals surface area contributed by atoms with Gasteiger partial charge in [0.05, 0.1) is 16.7 Å². The van der Waals surface area contributed by atoms with Crippen LogP contribution >= 0.6 is 15.9 Å². The molecular weight excluding hydrogens is 462 g/mol. The molecule has 1 aromatic rings. The first kappa shape index (κ1) is 21.9. The van der Waals surface area contributed by atoms with Gasteiger partial charge in [-0.2, -0.15) is 0 Å². The summed E-state index contributed by atoms with van der Waals surface area (Å²) < 4.78 is 11.9. The van der Waals surface area contributed by atoms with Crippen LogP contribution in [-0.2, 0) is 14.3 Å². The van der Waals surface area contributed by atoms with Crippen molar-refractivity contribution in [3.63, 3.8) is 0 Å². The number of benzene rings is 1. The quantitative estimate of drug-likeness (QED) is 0.565. The number of ketones is 1. The molecule has 0 radical (unpaired) electrons. The van der Waals surface area contributed by atoms with Gasteiger partial charge in [0.25, 0.3) is 0 Å². The number of aromatic hydroxyl groups is 1. The predicted octanol–water partition coefficient (Wildman–Crippen LogP) is 5.01. The van der Waals surface area contributed by atoms with Crippen molar-refractivity contribution in [2.75, 3.05) is 6.61 Å². The zero-order valence-electron chi connectivity index (χ0n) is 17.9. The molecule has 2 aliphatic carbocycles. The summed E-state index contributed by atoms with van der Waals surface area (Å²) in [5, 5.41) is 13.7. The topological polar surface area (TPSA) is 84.9 Å². The number of hydrogen-bond acceptors (Lipinski definition) is 6. The SMILES string of the molecule is CCOc1cc(C2C(C(=O)OC3CCCC3)=C(C)NC3=C2C(=O)CCC3)cc(Br)c1O. The van der Waals surface area contributed by atoms with E-state index in [4.69, 9.17) is 9.47 Å². The summed E-state index contributed by atoms with van der Waals surface area (Å²) in [7, 11) is 0. The van der Waals surface area contributed by atoms with Crippen LogP contribution in [0.4, 0.5) is 0 Å². The van der Waals surface area contributed by atoms with Gasteiger partial charge in [0, 0.05) is 29.3 Å². The number of halogens is 1. The third kappa shape index (κ3) is 4.25. The Balaban J connectivity index is 1.82. The maximum absolute atomic E-state index is 13.3. The third-order valence-corrected chi connectivity index (χ3v) is 6.86. The molecule has 0 amide bonds. The van der Waals surface area contributed by atoms with Crippen LogP contribution in [0.3, 0.4) is 0 Å². The van der Waals surface area contributed by atoms with Crippen molar-refractivity contribution in [1.82, 2.24) is 5.32 Å². The minimum absolute atomic E-state index is 0.000470. The van der Waals surface area contributed by atoms with Gasteiger partial charge < -0.3 is 19.9 Å². The van der Waals surface area contributed by atoms with Crippen molar-refractivity contribution in [2.45, 2.75) is 70.8 Å². The molecule has 6 nitrogen and oxygen atoms in total. The number of allylic oxidation sites excluding steroid dienone is 3. The number of esters is 1. The van der Waals surface area contributed by atoms with Crippen LogP contribution in [0.1, 0.15) is 70.3 Å². The fourth-order valence-corrected chi connectivity index (χ4v) is 5.29. The Morgan fingerprint density at radius 2 is 1.97 bits per heavy atom. The van der Waals surface area contributed by atoms with Crippen LogP contribution in [0.15, 0.2) is 39.1 Å². The summed E-state index contributed by atoms with van der Waals surface area (Å²) in [6.07, 6.45) is 5.81. The van der Waals surface area contributed by atoms with Crippen molar-refractivity contribution >= 4 is 27.7 Å². The maximum Gasteiger partial charge on any atom is 0.337 e. The van der Waals surface area contributed by atoms with Gasteiger partial charge in [0.2, 0.25) is 0 Å². The van der Waals surface area contributed by atoms with E-state index >= 15 is 0 Å². The number of carbonyl (C=O) groups is 2. The lowest BCUT2D eigenvalue weighted by molar-refractivity contribution is -0.144. The van der Waals surface area contributed by atoms with Gasteiger partial charge in [0.15, 0.2) is 17.3 Å². The van der Waals surface area contributed by atoms with Crippen molar-refractivity contribution in [3.05, 3.63) is 44.7 Å². The molecule has 0 aromatic heterocycles. The fourth-order valence-electron chi connectivity index (χ4n) is 4.83. The lowest BCUT2D eigenvalue weighted by Crippen LogP contribution is -2.35. The van der Waals surface area contributed by atoms with E-state index in [1.54, 1.807) is 12.1 Å². The van der Waals surface area contributed by atoms with Gasteiger partial charge in [-0.05, 0) is 86.0 Å². The van der Waals surface area contributed by atoms with E-state index in [0.717, 1.165) is 49.8 Å². The van der Waals surface area contributed by atoms with E-state index < -0.39 is 5.92 Å². The highest BCUT2D eigenvalue weighted by atomic mass is 79.9. The number of rotatable bonds is 5. The first-order chi connectivity index (χ1) is 14.9. The van der Waals surface area contributed by atoms with E-state index in [2.05, 4.69) is 21.2 Å². The second-order valence-electron chi connectivity index (χ2n) is 8.36. The van der Waals surface area contributed by atoms with Gasteiger partial charge in [-0.3, -0.25) is 4.79 Å². The van der Waals surface area contributed by atoms with E-state index in [1.165, 1.54) is 0 Å². The summed E-state index contributed by atoms with van der Waals surface area (Å²) >= 11 is 3.40. The molecule has 0 saturated heterocycles. The number of phenolic OH excluding ortho intramolecular Hbond substituents is 1. The van der Waals surface area contributed by atoms with Crippen molar-refractivity contribution in [3.8, 4) is 11.5 Å². The van der Waals surface area contributed by atoms with E-state index in [9.17, 15) is 14.7 Å². The number of phenols is 1. The van der Waals surface area contributed by atoms with Gasteiger partial charge in [-0.1, -0.05) is 0 Å². The van der Waals surface area contributed by atoms with Gasteiger partial charge in [0.1, 0.15) is 6.10 Å². The van der Waals surface area contributed by atoms with Crippen LogP contribution in [0.25, 0.3) is 0 Å². The Morgan fingerprint density at radius 3 is 2.68 bits per heavy atom. The molecule has 1 unspecified atom stereocenters. The number of hydrogen-bond donors (Lipinski definition) is 2. The zero-order chi connectivity index (χ0) is 22.1. The highest BCUT2D eigenvalue weighted by molar-refractivity contribution is 9.10. The Hall–Kier alpha value is -2.28. The van der Waals surface area contributed by atoms with Gasteiger partial charge >= 0.3 is 5.97 Å². The average molecular weight is 490 g/mol. The molecule has 1 aromatic carbocycles. The molecule has 2 N–H and O–H groups in total. The molecule has 31 heavy (non-hydrogen) atoms. The van der Waals surface area contributed by atoms with Crippen molar-refractivity contribution < 1.29 is 24.2 Å². The van der Waals surface area contributed by atoms with Crippen LogP contribution < -0.4 is 10.1 Å². The second-order valence-corrected chi connectivity index (χ2v) is 9.21. The first-order valence-corrected chi connectivity index (χ1v) is 11.8. The van der Waals surface area contributed by atoms with Gasteiger partial charge in [-0.25, -0.2) is 4.79 Å². The molecule has 1 atom stereocenters. The minimum Gasteiger partial charge on any atom is -0.503 e. The van der Waals surface area contributed by atoms with E-state index in [-0.39, 0.29) is 23.6 Å². The monoisotopic (exact) mass is 489 g/mol. The van der Waals surface area contributed by atoms with E-state index in [0.29, 0.717) is 40.1 Å². The molecule has 166 valence electrons. The Morgan fingerprint density at radius 1 is 1.23 bits per heavy atom. The summed E-state index contributed by atoms with van der Waals surface area (Å²) in [4.78, 5) is 26.4. The number of dihydropyridines is 1. The standard InChI is InChI=1S/C24H28BrNO5/c1-3-30-19-12-14(11-16(25)23(19)28)21-20(24(29)31-15-7-4-5-8-15)13(2)26-17-9-6-10-18(27)22(17)21/h11-12,15,21,26,28H,3-10H2,1-2H3. The Kier molecular flexibility index (Phi) is 6.42. The number of ether oxygens (including phenoxy) is 2. The zero-order valence-corrected chi connectivity index (χ0v) is 19.5. The molecule has 3 aliphatic rings. The lowest BCUT2D eigenvalue weighted by Gasteiger charge is -2.34. The van der Waals surface area contributed by atoms with Crippen LogP contribution in [0, 0.1) is 0 Å². The molecule has 0 bridgehead atoms. The van der Waals surface area contributed by atoms with Crippen LogP contribution in [0.5, 0.6) is 11.5 Å². The normalized spacial score (nSPS) is 21.8. The molecule has 1 saturated carbocycles. The summed E-state index contributed by atoms with van der Waals surface area (Å²) in [6, 6.07) is 3.48. The number of carbonyl (C=O) groups excluding carboxylic acids is 2. The molecule has 7 heteroatoms. The third-order valence-electron chi connectivity index (χ3n) is 6.26. The largest absolute Gasteiger partial charge is 0.503 e. The highest BCUT2D eigenvalue weighted by Gasteiger charge is 2.40. The number of Topliss-reactive ketones (excluding diaryl/α,β-unsaturated/α-hetero) is 1. The Bertz CT molecular complexity index is 974. The number of nitrogens with one attached hydrogen (secondary N) is 1. The summed E-state index contributed by atoms with van der Waals surface area (Å²) in [5.74, 6) is -0.584. The molecule has 1 aliphatic heterocycles. The summed E-state index contributed by atoms with van der Waals surface area (Å²) in [5.41, 5.74) is 3.38. The summed E-state index contributed by atoms with van der Waals surface area (Å²) in [6.45, 7) is 4.08. The average Bonchev–Trinajstić information content (AvgIpc) is 3.23. The molecule has 0 spiro atoms. The molecular formula is C24H28BrNO5. The maximum atomic E-state index is 13.3. The molecule has 1 heterocycles. The minimum atomic E-state index is -0.561. The predicted molar refractivity (Wildman–Crippen MR) is 120 cm³/mol. The smallest absolute Gasteiger partial charge is 0.337 e. The van der Waals surface area contributed by atoms with Gasteiger partial charge in [-0.15, -0.1) is 0 Å². The fraction of sp³-hybridized carbons (Fsp3) is 0.500. The Labute approximate surface area is 190 Å². The van der Waals surface area contributed by atoms with Crippen molar-refractivity contribution in [1.29, 1.82) is 0 Å². The second kappa shape index (κ2) is 9.07. The first-order valence-electron chi connectivity index (χ1n) is 11.0. The van der Waals surface area contributed by atoms with Crippen LogP contribution in [-0.4, -0.2) is 29.6 Å². The molecule has 4 rings (SSSR count).